The largest absolute Gasteiger partial charge is 0.419 e. The van der Waals surface area contributed by atoms with Gasteiger partial charge >= 0.3 is 6.18 Å². The van der Waals surface area contributed by atoms with Gasteiger partial charge in [0.15, 0.2) is 0 Å². The maximum absolute atomic E-state index is 13.2. The Labute approximate surface area is 116 Å². The van der Waals surface area contributed by atoms with Crippen molar-refractivity contribution in [3.63, 3.8) is 0 Å². The van der Waals surface area contributed by atoms with Crippen molar-refractivity contribution in [1.29, 1.82) is 0 Å². The predicted octanol–water partition coefficient (Wildman–Crippen LogP) is 5.23. The van der Waals surface area contributed by atoms with Gasteiger partial charge in [0, 0.05) is 11.7 Å². The SMILES string of the molecule is CCC1CCCCC1Nc1ccc(F)c(C(F)(F)F)c1. The van der Waals surface area contributed by atoms with Crippen molar-refractivity contribution in [3.05, 3.63) is 29.6 Å². The third-order valence-electron chi connectivity index (χ3n) is 4.06. The van der Waals surface area contributed by atoms with Gasteiger partial charge in [-0.05, 0) is 37.0 Å². The molecule has 0 bridgehead atoms. The van der Waals surface area contributed by atoms with Crippen molar-refractivity contribution >= 4 is 5.69 Å². The molecule has 1 nitrogen and oxygen atoms in total. The van der Waals surface area contributed by atoms with Gasteiger partial charge in [0.2, 0.25) is 0 Å². The molecule has 1 aliphatic carbocycles. The van der Waals surface area contributed by atoms with Gasteiger partial charge in [-0.3, -0.25) is 0 Å². The number of hydrogen-bond donors (Lipinski definition) is 1. The molecule has 0 spiro atoms. The van der Waals surface area contributed by atoms with E-state index in [1.807, 2.05) is 0 Å². The van der Waals surface area contributed by atoms with Crippen molar-refractivity contribution in [3.8, 4) is 0 Å². The Morgan fingerprint density at radius 2 is 1.90 bits per heavy atom. The molecule has 112 valence electrons. The fourth-order valence-electron chi connectivity index (χ4n) is 2.93. The molecule has 1 fully saturated rings. The molecule has 0 saturated heterocycles. The van der Waals surface area contributed by atoms with Crippen molar-refractivity contribution in [2.45, 2.75) is 51.2 Å². The highest BCUT2D eigenvalue weighted by atomic mass is 19.4. The Morgan fingerprint density at radius 3 is 2.55 bits per heavy atom. The van der Waals surface area contributed by atoms with Crippen LogP contribution < -0.4 is 5.32 Å². The lowest BCUT2D eigenvalue weighted by atomic mass is 9.83. The van der Waals surface area contributed by atoms with Gasteiger partial charge in [-0.1, -0.05) is 26.2 Å². The second-order valence-corrected chi connectivity index (χ2v) is 5.40. The van der Waals surface area contributed by atoms with Gasteiger partial charge in [-0.2, -0.15) is 13.2 Å². The van der Waals surface area contributed by atoms with E-state index in [4.69, 9.17) is 0 Å². The lowest BCUT2D eigenvalue weighted by Gasteiger charge is -2.32. The maximum atomic E-state index is 13.2. The summed E-state index contributed by atoms with van der Waals surface area (Å²) >= 11 is 0. The van der Waals surface area contributed by atoms with Crippen LogP contribution in [0.4, 0.5) is 23.2 Å². The third-order valence-corrected chi connectivity index (χ3v) is 4.06. The number of alkyl halides is 3. The Morgan fingerprint density at radius 1 is 1.20 bits per heavy atom. The molecule has 1 N–H and O–H groups in total. The number of benzene rings is 1. The molecule has 2 rings (SSSR count). The molecule has 0 aromatic heterocycles. The van der Waals surface area contributed by atoms with E-state index in [1.165, 1.54) is 12.5 Å². The number of nitrogens with one attached hydrogen (secondary N) is 1. The molecule has 1 aliphatic rings. The Balaban J connectivity index is 2.17. The molecule has 0 amide bonds. The van der Waals surface area contributed by atoms with Gasteiger partial charge < -0.3 is 5.32 Å². The van der Waals surface area contributed by atoms with E-state index in [2.05, 4.69) is 12.2 Å². The highest BCUT2D eigenvalue weighted by molar-refractivity contribution is 5.48. The van der Waals surface area contributed by atoms with E-state index in [0.29, 0.717) is 11.6 Å². The van der Waals surface area contributed by atoms with Gasteiger partial charge in [0.1, 0.15) is 5.82 Å². The van der Waals surface area contributed by atoms with Crippen LogP contribution in [-0.4, -0.2) is 6.04 Å². The molecule has 2 atom stereocenters. The van der Waals surface area contributed by atoms with E-state index in [0.717, 1.165) is 37.8 Å². The monoisotopic (exact) mass is 289 g/mol. The zero-order valence-corrected chi connectivity index (χ0v) is 11.4. The maximum Gasteiger partial charge on any atom is 0.419 e. The van der Waals surface area contributed by atoms with Crippen LogP contribution in [0.3, 0.4) is 0 Å². The highest BCUT2D eigenvalue weighted by Crippen LogP contribution is 2.34. The van der Waals surface area contributed by atoms with Gasteiger partial charge in [0.05, 0.1) is 5.56 Å². The van der Waals surface area contributed by atoms with Crippen LogP contribution in [0.25, 0.3) is 0 Å². The number of anilines is 1. The van der Waals surface area contributed by atoms with Crippen LogP contribution >= 0.6 is 0 Å². The summed E-state index contributed by atoms with van der Waals surface area (Å²) in [4.78, 5) is 0. The zero-order valence-electron chi connectivity index (χ0n) is 11.4. The van der Waals surface area contributed by atoms with Gasteiger partial charge in [-0.25, -0.2) is 4.39 Å². The first-order valence-corrected chi connectivity index (χ1v) is 7.05. The van der Waals surface area contributed by atoms with E-state index in [1.54, 1.807) is 0 Å². The molecule has 5 heteroatoms. The lowest BCUT2D eigenvalue weighted by molar-refractivity contribution is -0.139. The first-order valence-electron chi connectivity index (χ1n) is 7.05. The molecular formula is C15H19F4N. The molecule has 0 aliphatic heterocycles. The minimum atomic E-state index is -4.65. The fraction of sp³-hybridized carbons (Fsp3) is 0.600. The molecule has 1 saturated carbocycles. The summed E-state index contributed by atoms with van der Waals surface area (Å²) in [5.41, 5.74) is -0.851. The second-order valence-electron chi connectivity index (χ2n) is 5.40. The van der Waals surface area contributed by atoms with Crippen LogP contribution in [0.2, 0.25) is 0 Å². The number of rotatable bonds is 3. The normalized spacial score (nSPS) is 23.6. The molecule has 1 aromatic rings. The van der Waals surface area contributed by atoms with Gasteiger partial charge in [0.25, 0.3) is 0 Å². The molecule has 0 heterocycles. The topological polar surface area (TPSA) is 12.0 Å². The minimum Gasteiger partial charge on any atom is -0.382 e. The number of halogens is 4. The van der Waals surface area contributed by atoms with Crippen molar-refractivity contribution in [2.75, 3.05) is 5.32 Å². The quantitative estimate of drug-likeness (QED) is 0.752. The second kappa shape index (κ2) is 6.02. The summed E-state index contributed by atoms with van der Waals surface area (Å²) in [5.74, 6) is -0.748. The molecule has 1 aromatic carbocycles. The smallest absolute Gasteiger partial charge is 0.382 e. The molecule has 0 radical (unpaired) electrons. The van der Waals surface area contributed by atoms with Crippen molar-refractivity contribution < 1.29 is 17.6 Å². The van der Waals surface area contributed by atoms with Crippen LogP contribution in [0.15, 0.2) is 18.2 Å². The van der Waals surface area contributed by atoms with Crippen LogP contribution in [0.1, 0.15) is 44.6 Å². The predicted molar refractivity (Wildman–Crippen MR) is 71.1 cm³/mol. The summed E-state index contributed by atoms with van der Waals surface area (Å²) in [6.07, 6.45) is 0.664. The summed E-state index contributed by atoms with van der Waals surface area (Å²) in [6.45, 7) is 2.09. The summed E-state index contributed by atoms with van der Waals surface area (Å²) in [6, 6.07) is 3.32. The fourth-order valence-corrected chi connectivity index (χ4v) is 2.93. The number of hydrogen-bond acceptors (Lipinski definition) is 1. The van der Waals surface area contributed by atoms with E-state index in [-0.39, 0.29) is 6.04 Å². The van der Waals surface area contributed by atoms with Crippen LogP contribution in [0.5, 0.6) is 0 Å². The highest BCUT2D eigenvalue weighted by Gasteiger charge is 2.34. The third kappa shape index (κ3) is 3.44. The summed E-state index contributed by atoms with van der Waals surface area (Å²) in [5, 5.41) is 3.15. The lowest BCUT2D eigenvalue weighted by Crippen LogP contribution is -2.31. The van der Waals surface area contributed by atoms with Crippen LogP contribution in [-0.2, 0) is 6.18 Å². The van der Waals surface area contributed by atoms with Crippen LogP contribution in [0, 0.1) is 11.7 Å². The van der Waals surface area contributed by atoms with E-state index >= 15 is 0 Å². The van der Waals surface area contributed by atoms with Crippen molar-refractivity contribution in [2.24, 2.45) is 5.92 Å². The van der Waals surface area contributed by atoms with E-state index in [9.17, 15) is 17.6 Å². The average Bonchev–Trinajstić information content (AvgIpc) is 2.40. The summed E-state index contributed by atoms with van der Waals surface area (Å²) in [7, 11) is 0. The average molecular weight is 289 g/mol. The minimum absolute atomic E-state index is 0.181. The van der Waals surface area contributed by atoms with E-state index < -0.39 is 17.6 Å². The summed E-state index contributed by atoms with van der Waals surface area (Å²) < 4.78 is 51.3. The Bertz CT molecular complexity index is 456. The molecular weight excluding hydrogens is 270 g/mol. The molecule has 20 heavy (non-hydrogen) atoms. The zero-order chi connectivity index (χ0) is 14.8. The standard InChI is InChI=1S/C15H19F4N/c1-2-10-5-3-4-6-14(10)20-11-7-8-13(16)12(9-11)15(17,18)19/h7-10,14,20H,2-6H2,1H3. The first-order chi connectivity index (χ1) is 9.41. The first kappa shape index (κ1) is 15.1. The van der Waals surface area contributed by atoms with Crippen molar-refractivity contribution in [1.82, 2.24) is 0 Å². The van der Waals surface area contributed by atoms with Gasteiger partial charge in [-0.15, -0.1) is 0 Å². The Kier molecular flexibility index (Phi) is 4.55. The molecule has 2 unspecified atom stereocenters. The Hall–Kier alpha value is -1.26.